The molecule has 2 aromatic carbocycles. The van der Waals surface area contributed by atoms with Gasteiger partial charge in [-0.1, -0.05) is 60.7 Å². The molecule has 7 heteroatoms. The second-order valence-corrected chi connectivity index (χ2v) is 5.90. The van der Waals surface area contributed by atoms with Crippen LogP contribution in [0.5, 0.6) is 0 Å². The molecule has 2 aromatic heterocycles. The third-order valence-electron chi connectivity index (χ3n) is 4.29. The fourth-order valence-corrected chi connectivity index (χ4v) is 3.02. The van der Waals surface area contributed by atoms with E-state index in [1.165, 1.54) is 11.1 Å². The van der Waals surface area contributed by atoms with Crippen molar-refractivity contribution in [3.05, 3.63) is 78.1 Å². The first-order chi connectivity index (χ1) is 12.8. The molecule has 4 rings (SSSR count). The highest BCUT2D eigenvalue weighted by Gasteiger charge is 2.16. The molecule has 0 unspecified atom stereocenters. The van der Waals surface area contributed by atoms with Crippen LogP contribution in [0.3, 0.4) is 0 Å². The van der Waals surface area contributed by atoms with E-state index in [1.807, 2.05) is 12.1 Å². The molecule has 0 bridgehead atoms. The van der Waals surface area contributed by atoms with Crippen LogP contribution in [0.25, 0.3) is 11.2 Å². The van der Waals surface area contributed by atoms with Gasteiger partial charge in [0.15, 0.2) is 11.5 Å². The van der Waals surface area contributed by atoms with Gasteiger partial charge < -0.3 is 10.3 Å². The smallest absolute Gasteiger partial charge is 0.241 e. The maximum absolute atomic E-state index is 5.48. The van der Waals surface area contributed by atoms with Gasteiger partial charge in [0.05, 0.1) is 6.33 Å². The van der Waals surface area contributed by atoms with Gasteiger partial charge in [-0.3, -0.25) is 5.43 Å². The Labute approximate surface area is 150 Å². The number of aromatic nitrogens is 4. The average molecular weight is 345 g/mol. The molecule has 0 spiro atoms. The predicted molar refractivity (Wildman–Crippen MR) is 103 cm³/mol. The maximum atomic E-state index is 5.48. The molecule has 0 aliphatic rings. The number of nitrogen functional groups attached to an aromatic ring is 1. The van der Waals surface area contributed by atoms with E-state index in [1.54, 1.807) is 6.33 Å². The van der Waals surface area contributed by atoms with Gasteiger partial charge in [0, 0.05) is 12.5 Å². The number of nitrogens with one attached hydrogen (secondary N) is 3. The number of anilines is 2. The molecule has 0 radical (unpaired) electrons. The number of aromatic amines is 1. The molecule has 0 aliphatic heterocycles. The van der Waals surface area contributed by atoms with E-state index in [0.29, 0.717) is 24.0 Å². The summed E-state index contributed by atoms with van der Waals surface area (Å²) in [7, 11) is 0. The monoisotopic (exact) mass is 345 g/mol. The molecular formula is C19H19N7. The number of hydrogen-bond acceptors (Lipinski definition) is 6. The number of H-pyrrole nitrogens is 1. The van der Waals surface area contributed by atoms with Crippen LogP contribution in [-0.2, 0) is 0 Å². The van der Waals surface area contributed by atoms with Gasteiger partial charge in [0.25, 0.3) is 0 Å². The number of rotatable bonds is 6. The van der Waals surface area contributed by atoms with Crippen LogP contribution in [0.15, 0.2) is 67.0 Å². The highest BCUT2D eigenvalue weighted by atomic mass is 15.3. The number of hydrogen-bond donors (Lipinski definition) is 4. The minimum atomic E-state index is 0.180. The van der Waals surface area contributed by atoms with Crippen LogP contribution in [0, 0.1) is 0 Å². The lowest BCUT2D eigenvalue weighted by molar-refractivity contribution is 0.849. The van der Waals surface area contributed by atoms with Gasteiger partial charge in [-0.25, -0.2) is 10.8 Å². The maximum Gasteiger partial charge on any atom is 0.241 e. The molecular weight excluding hydrogens is 326 g/mol. The highest BCUT2D eigenvalue weighted by molar-refractivity contribution is 5.83. The SMILES string of the molecule is NNc1nc(NCC(c2ccccc2)c2ccccc2)c2[nH]cnc2n1. The Morgan fingerprint density at radius 2 is 1.58 bits per heavy atom. The summed E-state index contributed by atoms with van der Waals surface area (Å²) in [5, 5.41) is 3.43. The van der Waals surface area contributed by atoms with Crippen LogP contribution in [-0.4, -0.2) is 26.5 Å². The lowest BCUT2D eigenvalue weighted by atomic mass is 9.91. The van der Waals surface area contributed by atoms with Gasteiger partial charge >= 0.3 is 0 Å². The number of nitrogens with zero attached hydrogens (tertiary/aromatic N) is 3. The molecule has 7 nitrogen and oxygen atoms in total. The minimum Gasteiger partial charge on any atom is -0.367 e. The zero-order chi connectivity index (χ0) is 17.8. The number of imidazole rings is 1. The van der Waals surface area contributed by atoms with E-state index in [2.05, 4.69) is 79.2 Å². The normalized spacial score (nSPS) is 11.0. The van der Waals surface area contributed by atoms with Crippen molar-refractivity contribution in [1.29, 1.82) is 0 Å². The molecule has 5 N–H and O–H groups in total. The minimum absolute atomic E-state index is 0.180. The van der Waals surface area contributed by atoms with E-state index in [9.17, 15) is 0 Å². The zero-order valence-electron chi connectivity index (χ0n) is 14.1. The van der Waals surface area contributed by atoms with E-state index in [-0.39, 0.29) is 5.92 Å². The van der Waals surface area contributed by atoms with Crippen LogP contribution < -0.4 is 16.6 Å². The molecule has 2 heterocycles. The zero-order valence-corrected chi connectivity index (χ0v) is 14.1. The molecule has 0 fully saturated rings. The lowest BCUT2D eigenvalue weighted by Crippen LogP contribution is -2.17. The third-order valence-corrected chi connectivity index (χ3v) is 4.29. The first-order valence-corrected chi connectivity index (χ1v) is 8.36. The first-order valence-electron chi connectivity index (χ1n) is 8.36. The molecule has 130 valence electrons. The first kappa shape index (κ1) is 16.0. The van der Waals surface area contributed by atoms with Crippen LogP contribution in [0.4, 0.5) is 11.8 Å². The lowest BCUT2D eigenvalue weighted by Gasteiger charge is -2.19. The van der Waals surface area contributed by atoms with Crippen LogP contribution in [0.2, 0.25) is 0 Å². The molecule has 0 amide bonds. The van der Waals surface area contributed by atoms with Crippen molar-refractivity contribution >= 4 is 22.9 Å². The van der Waals surface area contributed by atoms with Crippen molar-refractivity contribution in [2.75, 3.05) is 17.3 Å². The Kier molecular flexibility index (Phi) is 4.44. The number of hydrazine groups is 1. The molecule has 0 aliphatic carbocycles. The van der Waals surface area contributed by atoms with E-state index >= 15 is 0 Å². The molecule has 0 atom stereocenters. The number of fused-ring (bicyclic) bond motifs is 1. The van der Waals surface area contributed by atoms with Crippen molar-refractivity contribution in [1.82, 2.24) is 19.9 Å². The molecule has 0 saturated carbocycles. The van der Waals surface area contributed by atoms with Gasteiger partial charge in [0.2, 0.25) is 5.95 Å². The Balaban J connectivity index is 1.66. The molecule has 26 heavy (non-hydrogen) atoms. The number of nitrogens with two attached hydrogens (primary N) is 1. The summed E-state index contributed by atoms with van der Waals surface area (Å²) in [6.45, 7) is 0.670. The summed E-state index contributed by atoms with van der Waals surface area (Å²) in [4.78, 5) is 15.9. The van der Waals surface area contributed by atoms with Crippen LogP contribution in [0.1, 0.15) is 17.0 Å². The Morgan fingerprint density at radius 3 is 2.19 bits per heavy atom. The van der Waals surface area contributed by atoms with Gasteiger partial charge in [-0.2, -0.15) is 9.97 Å². The summed E-state index contributed by atoms with van der Waals surface area (Å²) in [5.74, 6) is 6.64. The second-order valence-electron chi connectivity index (χ2n) is 5.90. The summed E-state index contributed by atoms with van der Waals surface area (Å²) in [6.07, 6.45) is 1.59. The van der Waals surface area contributed by atoms with E-state index in [4.69, 9.17) is 5.84 Å². The van der Waals surface area contributed by atoms with Crippen molar-refractivity contribution < 1.29 is 0 Å². The average Bonchev–Trinajstić information content (AvgIpc) is 3.18. The summed E-state index contributed by atoms with van der Waals surface area (Å²) >= 11 is 0. The molecule has 4 aromatic rings. The van der Waals surface area contributed by atoms with Crippen molar-refractivity contribution in [2.45, 2.75) is 5.92 Å². The third kappa shape index (κ3) is 3.20. The van der Waals surface area contributed by atoms with Crippen molar-refractivity contribution in [2.24, 2.45) is 5.84 Å². The van der Waals surface area contributed by atoms with Gasteiger partial charge in [-0.05, 0) is 11.1 Å². The largest absolute Gasteiger partial charge is 0.367 e. The molecule has 0 saturated heterocycles. The van der Waals surface area contributed by atoms with E-state index in [0.717, 1.165) is 5.52 Å². The summed E-state index contributed by atoms with van der Waals surface area (Å²) in [6, 6.07) is 20.8. The standard InChI is InChI=1S/C19H19N7/c20-26-19-24-17(16-18(25-19)23-12-22-16)21-11-15(13-7-3-1-4-8-13)14-9-5-2-6-10-14/h1-10,12,15H,11,20H2,(H3,21,22,23,24,25,26). The van der Waals surface area contributed by atoms with Crippen molar-refractivity contribution in [3.63, 3.8) is 0 Å². The van der Waals surface area contributed by atoms with Gasteiger partial charge in [-0.15, -0.1) is 0 Å². The fraction of sp³-hybridized carbons (Fsp3) is 0.105. The fourth-order valence-electron chi connectivity index (χ4n) is 3.02. The summed E-state index contributed by atoms with van der Waals surface area (Å²) < 4.78 is 0. The van der Waals surface area contributed by atoms with E-state index < -0.39 is 0 Å². The second kappa shape index (κ2) is 7.20. The predicted octanol–water partition coefficient (Wildman–Crippen LogP) is 2.88. The van der Waals surface area contributed by atoms with Gasteiger partial charge in [0.1, 0.15) is 5.52 Å². The summed E-state index contributed by atoms with van der Waals surface area (Å²) in [5.41, 5.74) is 6.27. The Morgan fingerprint density at radius 1 is 0.923 bits per heavy atom. The number of benzene rings is 2. The Hall–Kier alpha value is -3.45. The van der Waals surface area contributed by atoms with Crippen LogP contribution >= 0.6 is 0 Å². The Bertz CT molecular complexity index is 943. The quantitative estimate of drug-likeness (QED) is 0.316. The van der Waals surface area contributed by atoms with Crippen molar-refractivity contribution in [3.8, 4) is 0 Å². The highest BCUT2D eigenvalue weighted by Crippen LogP contribution is 2.26. The topological polar surface area (TPSA) is 105 Å².